The molecule has 0 atom stereocenters. The van der Waals surface area contributed by atoms with Gasteiger partial charge in [0.2, 0.25) is 0 Å². The highest BCUT2D eigenvalue weighted by Crippen LogP contribution is 2.11. The number of carbonyl (C=O) groups is 1. The lowest BCUT2D eigenvalue weighted by atomic mass is 10.1. The van der Waals surface area contributed by atoms with Crippen molar-refractivity contribution in [3.8, 4) is 0 Å². The molecule has 0 aromatic rings. The van der Waals surface area contributed by atoms with Crippen LogP contribution in [0.4, 0.5) is 0 Å². The first kappa shape index (κ1) is 29.6. The summed E-state index contributed by atoms with van der Waals surface area (Å²) in [6, 6.07) is 0. The van der Waals surface area contributed by atoms with Crippen LogP contribution >= 0.6 is 0 Å². The lowest BCUT2D eigenvalue weighted by Gasteiger charge is -2.03. The number of hydrogen-bond donors (Lipinski definition) is 3. The van der Waals surface area contributed by atoms with Crippen LogP contribution in [-0.2, 0) is 4.79 Å². The average molecular weight is 403 g/mol. The van der Waals surface area contributed by atoms with Crippen molar-refractivity contribution in [1.29, 1.82) is 0 Å². The van der Waals surface area contributed by atoms with Gasteiger partial charge < -0.3 is 15.3 Å². The number of carboxylic acid groups (broad SMARTS) is 1. The second kappa shape index (κ2) is 26.4. The Hall–Kier alpha value is -0.610. The summed E-state index contributed by atoms with van der Waals surface area (Å²) in [6.07, 6.45) is 22.4. The summed E-state index contributed by atoms with van der Waals surface area (Å²) in [5, 5.41) is 25.6. The Morgan fingerprint density at radius 3 is 1.21 bits per heavy atom. The predicted octanol–water partition coefficient (Wildman–Crippen LogP) is 7.21. The van der Waals surface area contributed by atoms with E-state index in [0.717, 1.165) is 25.7 Å². The van der Waals surface area contributed by atoms with Gasteiger partial charge in [-0.2, -0.15) is 0 Å². The molecule has 0 rings (SSSR count). The molecule has 0 bridgehead atoms. The summed E-state index contributed by atoms with van der Waals surface area (Å²) < 4.78 is 0. The fraction of sp³-hybridized carbons (Fsp3) is 0.958. The molecule has 0 spiro atoms. The molecule has 0 aliphatic rings. The summed E-state index contributed by atoms with van der Waals surface area (Å²) in [7, 11) is 0. The topological polar surface area (TPSA) is 77.8 Å². The summed E-state index contributed by atoms with van der Waals surface area (Å²) >= 11 is 0. The molecule has 0 aromatic heterocycles. The van der Waals surface area contributed by atoms with Crippen LogP contribution in [0.5, 0.6) is 0 Å². The maximum atomic E-state index is 10.2. The highest BCUT2D eigenvalue weighted by molar-refractivity contribution is 5.66. The van der Waals surface area contributed by atoms with Crippen molar-refractivity contribution < 1.29 is 20.1 Å². The largest absolute Gasteiger partial charge is 0.481 e. The van der Waals surface area contributed by atoms with Crippen LogP contribution in [0.25, 0.3) is 0 Å². The van der Waals surface area contributed by atoms with Crippen LogP contribution in [0.1, 0.15) is 142 Å². The minimum Gasteiger partial charge on any atom is -0.481 e. The van der Waals surface area contributed by atoms with Crippen LogP contribution in [0.3, 0.4) is 0 Å². The quantitative estimate of drug-likeness (QED) is 0.148. The van der Waals surface area contributed by atoms with E-state index in [2.05, 4.69) is 13.8 Å². The van der Waals surface area contributed by atoms with Crippen LogP contribution < -0.4 is 0 Å². The molecule has 0 amide bonds. The van der Waals surface area contributed by atoms with E-state index >= 15 is 0 Å². The predicted molar refractivity (Wildman–Crippen MR) is 120 cm³/mol. The lowest BCUT2D eigenvalue weighted by molar-refractivity contribution is -0.137. The minimum absolute atomic E-state index is 0.343. The fourth-order valence-corrected chi connectivity index (χ4v) is 3.22. The molecule has 0 saturated heterocycles. The van der Waals surface area contributed by atoms with Crippen molar-refractivity contribution >= 4 is 5.97 Å². The summed E-state index contributed by atoms with van der Waals surface area (Å²) in [5.41, 5.74) is 0. The number of rotatable bonds is 20. The number of aliphatic carboxylic acids is 1. The summed E-state index contributed by atoms with van der Waals surface area (Å²) in [4.78, 5) is 10.2. The normalized spacial score (nSPS) is 10.8. The molecule has 0 radical (unpaired) electrons. The van der Waals surface area contributed by atoms with Crippen molar-refractivity contribution in [2.24, 2.45) is 0 Å². The number of aliphatic hydroxyl groups excluding tert-OH is 1. The Bertz CT molecular complexity index is 292. The Balaban J connectivity index is 0. The van der Waals surface area contributed by atoms with E-state index in [1.807, 2.05) is 0 Å². The van der Waals surface area contributed by atoms with Gasteiger partial charge >= 0.3 is 5.97 Å². The zero-order valence-corrected chi connectivity index (χ0v) is 19.0. The number of aliphatic hydroxyl groups is 2. The highest BCUT2D eigenvalue weighted by Gasteiger charge is 1.97. The summed E-state index contributed by atoms with van der Waals surface area (Å²) in [5.74, 6) is -0.659. The van der Waals surface area contributed by atoms with E-state index in [0.29, 0.717) is 12.8 Å². The molecule has 28 heavy (non-hydrogen) atoms. The third-order valence-electron chi connectivity index (χ3n) is 5.06. The van der Waals surface area contributed by atoms with Gasteiger partial charge in [-0.3, -0.25) is 4.79 Å². The van der Waals surface area contributed by atoms with Gasteiger partial charge in [0.15, 0.2) is 6.29 Å². The van der Waals surface area contributed by atoms with Crippen LogP contribution in [0, 0.1) is 0 Å². The lowest BCUT2D eigenvalue weighted by Crippen LogP contribution is -2.02. The van der Waals surface area contributed by atoms with Crippen molar-refractivity contribution in [3.63, 3.8) is 0 Å². The first-order valence-electron chi connectivity index (χ1n) is 12.1. The zero-order valence-electron chi connectivity index (χ0n) is 19.0. The van der Waals surface area contributed by atoms with Gasteiger partial charge in [-0.1, -0.05) is 117 Å². The van der Waals surface area contributed by atoms with Gasteiger partial charge in [0.25, 0.3) is 0 Å². The molecule has 4 nitrogen and oxygen atoms in total. The van der Waals surface area contributed by atoms with E-state index in [1.165, 1.54) is 89.9 Å². The molecule has 0 fully saturated rings. The highest BCUT2D eigenvalue weighted by atomic mass is 16.5. The number of unbranched alkanes of at least 4 members (excludes halogenated alkanes) is 16. The smallest absolute Gasteiger partial charge is 0.303 e. The number of hydrogen-bond acceptors (Lipinski definition) is 3. The number of carboxylic acids is 1. The molecular formula is C24H50O4. The molecular weight excluding hydrogens is 352 g/mol. The first-order valence-corrected chi connectivity index (χ1v) is 12.1. The first-order chi connectivity index (χ1) is 13.5. The Labute approximate surface area is 175 Å². The van der Waals surface area contributed by atoms with Crippen LogP contribution in [0.15, 0.2) is 0 Å². The molecule has 0 aromatic carbocycles. The average Bonchev–Trinajstić information content (AvgIpc) is 2.65. The van der Waals surface area contributed by atoms with Gasteiger partial charge in [-0.05, 0) is 19.3 Å². The minimum atomic E-state index is -1.10. The van der Waals surface area contributed by atoms with Gasteiger partial charge in [-0.15, -0.1) is 0 Å². The SMILES string of the molecule is CCCCCCCCCCCC(=O)O.CCCCCCCCCCCC(O)O. The van der Waals surface area contributed by atoms with Gasteiger partial charge in [0.1, 0.15) is 0 Å². The van der Waals surface area contributed by atoms with E-state index in [1.54, 1.807) is 0 Å². The fourth-order valence-electron chi connectivity index (χ4n) is 3.22. The Morgan fingerprint density at radius 2 is 0.893 bits per heavy atom. The maximum Gasteiger partial charge on any atom is 0.303 e. The second-order valence-electron chi connectivity index (χ2n) is 8.07. The van der Waals surface area contributed by atoms with Crippen molar-refractivity contribution in [3.05, 3.63) is 0 Å². The maximum absolute atomic E-state index is 10.2. The standard InChI is InChI=1S/C12H26O2.C12H24O2/c2*1-2-3-4-5-6-7-8-9-10-11-12(13)14/h12-14H,2-11H2,1H3;2-11H2,1H3,(H,13,14). The molecule has 0 unspecified atom stereocenters. The summed E-state index contributed by atoms with van der Waals surface area (Å²) in [6.45, 7) is 4.46. The van der Waals surface area contributed by atoms with Crippen molar-refractivity contribution in [2.45, 2.75) is 149 Å². The van der Waals surface area contributed by atoms with Crippen LogP contribution in [-0.4, -0.2) is 27.6 Å². The molecule has 4 heteroatoms. The Morgan fingerprint density at radius 1 is 0.571 bits per heavy atom. The van der Waals surface area contributed by atoms with E-state index < -0.39 is 12.3 Å². The Kier molecular flexibility index (Phi) is 27.9. The van der Waals surface area contributed by atoms with E-state index in [-0.39, 0.29) is 0 Å². The van der Waals surface area contributed by atoms with E-state index in [9.17, 15) is 4.79 Å². The van der Waals surface area contributed by atoms with Crippen LogP contribution in [0.2, 0.25) is 0 Å². The molecule has 0 heterocycles. The van der Waals surface area contributed by atoms with Crippen molar-refractivity contribution in [2.75, 3.05) is 0 Å². The van der Waals surface area contributed by atoms with Gasteiger partial charge in [0, 0.05) is 6.42 Å². The molecule has 170 valence electrons. The zero-order chi connectivity index (χ0) is 21.3. The molecule has 0 saturated carbocycles. The molecule has 0 aliphatic heterocycles. The monoisotopic (exact) mass is 402 g/mol. The van der Waals surface area contributed by atoms with E-state index in [4.69, 9.17) is 15.3 Å². The second-order valence-corrected chi connectivity index (χ2v) is 8.07. The third-order valence-corrected chi connectivity index (χ3v) is 5.06. The van der Waals surface area contributed by atoms with Gasteiger partial charge in [-0.25, -0.2) is 0 Å². The third kappa shape index (κ3) is 33.0. The van der Waals surface area contributed by atoms with Crippen molar-refractivity contribution in [1.82, 2.24) is 0 Å². The molecule has 0 aliphatic carbocycles. The van der Waals surface area contributed by atoms with Gasteiger partial charge in [0.05, 0.1) is 0 Å². The molecule has 3 N–H and O–H groups in total.